The predicted molar refractivity (Wildman–Crippen MR) is 81.1 cm³/mol. The third-order valence-electron chi connectivity index (χ3n) is 2.82. The number of hydrogen-bond acceptors (Lipinski definition) is 3. The molecule has 0 N–H and O–H groups in total. The molecule has 0 fully saturated rings. The van der Waals surface area contributed by atoms with Gasteiger partial charge in [-0.15, -0.1) is 0 Å². The van der Waals surface area contributed by atoms with E-state index in [9.17, 15) is 0 Å². The van der Waals surface area contributed by atoms with Gasteiger partial charge in [0.15, 0.2) is 11.5 Å². The lowest BCUT2D eigenvalue weighted by Crippen LogP contribution is -1.97. The van der Waals surface area contributed by atoms with Gasteiger partial charge in [-0.05, 0) is 24.3 Å². The third kappa shape index (κ3) is 2.82. The molecule has 0 radical (unpaired) electrons. The Morgan fingerprint density at radius 2 is 1.85 bits per heavy atom. The minimum atomic E-state index is 0.242. The molecule has 1 aliphatic rings. The molecule has 0 atom stereocenters. The maximum absolute atomic E-state index is 6.06. The lowest BCUT2D eigenvalue weighted by molar-refractivity contribution is 0.174. The molecule has 1 heterocycles. The molecule has 0 aliphatic carbocycles. The van der Waals surface area contributed by atoms with Crippen molar-refractivity contribution >= 4 is 39.1 Å². The molecule has 0 saturated heterocycles. The second-order valence-corrected chi connectivity index (χ2v) is 5.86. The first-order chi connectivity index (χ1) is 9.63. The Kier molecular flexibility index (Phi) is 3.96. The average molecular weight is 376 g/mol. The Labute approximate surface area is 134 Å². The molecule has 2 aromatic carbocycles. The molecule has 2 aromatic rings. The summed E-state index contributed by atoms with van der Waals surface area (Å²) in [4.78, 5) is 0. The fraction of sp³-hybridized carbons (Fsp3) is 0.143. The lowest BCUT2D eigenvalue weighted by atomic mass is 10.2. The van der Waals surface area contributed by atoms with Crippen LogP contribution in [-0.4, -0.2) is 6.79 Å². The van der Waals surface area contributed by atoms with Crippen molar-refractivity contribution < 1.29 is 14.2 Å². The monoisotopic (exact) mass is 374 g/mol. The predicted octanol–water partition coefficient (Wildman–Crippen LogP) is 5.06. The Hall–Kier alpha value is -1.10. The molecule has 0 amide bonds. The summed E-state index contributed by atoms with van der Waals surface area (Å²) in [6, 6.07) is 8.84. The van der Waals surface area contributed by atoms with Crippen LogP contribution in [0.5, 0.6) is 17.2 Å². The first-order valence-electron chi connectivity index (χ1n) is 5.79. The maximum atomic E-state index is 6.06. The van der Waals surface area contributed by atoms with E-state index in [-0.39, 0.29) is 6.79 Å². The summed E-state index contributed by atoms with van der Waals surface area (Å²) in [6.07, 6.45) is 0. The highest BCUT2D eigenvalue weighted by Gasteiger charge is 2.16. The van der Waals surface area contributed by atoms with Gasteiger partial charge < -0.3 is 14.2 Å². The third-order valence-corrected chi connectivity index (χ3v) is 4.10. The van der Waals surface area contributed by atoms with Crippen molar-refractivity contribution in [2.75, 3.05) is 6.79 Å². The van der Waals surface area contributed by atoms with Gasteiger partial charge in [0.25, 0.3) is 0 Å². The molecule has 0 spiro atoms. The Bertz CT molecular complexity index is 661. The molecule has 0 bridgehead atoms. The van der Waals surface area contributed by atoms with E-state index in [0.717, 1.165) is 15.8 Å². The number of hydrogen-bond donors (Lipinski definition) is 0. The van der Waals surface area contributed by atoms with E-state index in [1.54, 1.807) is 18.2 Å². The van der Waals surface area contributed by atoms with E-state index < -0.39 is 0 Å². The quantitative estimate of drug-likeness (QED) is 0.750. The van der Waals surface area contributed by atoms with Crippen LogP contribution in [0, 0.1) is 0 Å². The summed E-state index contributed by atoms with van der Waals surface area (Å²) in [6.45, 7) is 0.587. The Morgan fingerprint density at radius 1 is 1.10 bits per heavy atom. The van der Waals surface area contributed by atoms with Crippen molar-refractivity contribution in [3.8, 4) is 17.2 Å². The largest absolute Gasteiger partial charge is 0.487 e. The number of benzene rings is 2. The molecule has 1 aliphatic heterocycles. The summed E-state index contributed by atoms with van der Waals surface area (Å²) in [5.41, 5.74) is 0.935. The van der Waals surface area contributed by atoms with E-state index in [2.05, 4.69) is 15.9 Å². The number of ether oxygens (including phenoxy) is 3. The minimum absolute atomic E-state index is 0.242. The summed E-state index contributed by atoms with van der Waals surface area (Å²) < 4.78 is 17.2. The minimum Gasteiger partial charge on any atom is -0.487 e. The van der Waals surface area contributed by atoms with Crippen LogP contribution in [0.4, 0.5) is 0 Å². The highest BCUT2D eigenvalue weighted by molar-refractivity contribution is 9.10. The SMILES string of the molecule is Clc1ccc(Cl)c(OCc2cc3c(cc2Br)OCO3)c1. The van der Waals surface area contributed by atoms with Gasteiger partial charge in [-0.2, -0.15) is 0 Å². The molecule has 20 heavy (non-hydrogen) atoms. The van der Waals surface area contributed by atoms with Crippen molar-refractivity contribution in [3.05, 3.63) is 50.4 Å². The van der Waals surface area contributed by atoms with Gasteiger partial charge in [0, 0.05) is 21.1 Å². The van der Waals surface area contributed by atoms with Crippen LogP contribution in [0.1, 0.15) is 5.56 Å². The molecule has 104 valence electrons. The second kappa shape index (κ2) is 5.72. The highest BCUT2D eigenvalue weighted by atomic mass is 79.9. The molecule has 6 heteroatoms. The van der Waals surface area contributed by atoms with Gasteiger partial charge >= 0.3 is 0 Å². The number of fused-ring (bicyclic) bond motifs is 1. The molecule has 3 rings (SSSR count). The van der Waals surface area contributed by atoms with Gasteiger partial charge in [-0.25, -0.2) is 0 Å². The smallest absolute Gasteiger partial charge is 0.231 e. The fourth-order valence-electron chi connectivity index (χ4n) is 1.81. The lowest BCUT2D eigenvalue weighted by Gasteiger charge is -2.10. The van der Waals surface area contributed by atoms with Crippen LogP contribution in [0.3, 0.4) is 0 Å². The summed E-state index contributed by atoms with van der Waals surface area (Å²) in [5.74, 6) is 1.98. The first-order valence-corrected chi connectivity index (χ1v) is 7.34. The van der Waals surface area contributed by atoms with Gasteiger partial charge in [-0.3, -0.25) is 0 Å². The van der Waals surface area contributed by atoms with E-state index in [0.29, 0.717) is 28.2 Å². The highest BCUT2D eigenvalue weighted by Crippen LogP contribution is 2.37. The Balaban J connectivity index is 1.80. The zero-order valence-electron chi connectivity index (χ0n) is 10.2. The van der Waals surface area contributed by atoms with Gasteiger partial charge in [0.1, 0.15) is 12.4 Å². The number of halogens is 3. The van der Waals surface area contributed by atoms with E-state index in [1.807, 2.05) is 12.1 Å². The van der Waals surface area contributed by atoms with Crippen LogP contribution in [0.25, 0.3) is 0 Å². The van der Waals surface area contributed by atoms with E-state index in [1.165, 1.54) is 0 Å². The molecule has 3 nitrogen and oxygen atoms in total. The van der Waals surface area contributed by atoms with Crippen molar-refractivity contribution in [1.29, 1.82) is 0 Å². The zero-order valence-corrected chi connectivity index (χ0v) is 13.3. The molecule has 0 aromatic heterocycles. The standard InChI is InChI=1S/C14H9BrCl2O3/c15-10-5-14-13(19-7-20-14)3-8(10)6-18-12-4-9(16)1-2-11(12)17/h1-5H,6-7H2. The van der Waals surface area contributed by atoms with Crippen molar-refractivity contribution in [3.63, 3.8) is 0 Å². The molecule has 0 unspecified atom stereocenters. The van der Waals surface area contributed by atoms with Gasteiger partial charge in [0.05, 0.1) is 5.02 Å². The average Bonchev–Trinajstić information content (AvgIpc) is 2.86. The van der Waals surface area contributed by atoms with E-state index in [4.69, 9.17) is 37.4 Å². The fourth-order valence-corrected chi connectivity index (χ4v) is 2.58. The van der Waals surface area contributed by atoms with Crippen LogP contribution >= 0.6 is 39.1 Å². The molecular weight excluding hydrogens is 367 g/mol. The number of rotatable bonds is 3. The van der Waals surface area contributed by atoms with Gasteiger partial charge in [-0.1, -0.05) is 39.1 Å². The molecular formula is C14H9BrCl2O3. The van der Waals surface area contributed by atoms with Crippen LogP contribution < -0.4 is 14.2 Å². The van der Waals surface area contributed by atoms with Crippen LogP contribution in [0.15, 0.2) is 34.8 Å². The zero-order chi connectivity index (χ0) is 14.1. The normalized spacial score (nSPS) is 12.6. The van der Waals surface area contributed by atoms with Crippen LogP contribution in [0.2, 0.25) is 10.0 Å². The van der Waals surface area contributed by atoms with Gasteiger partial charge in [0.2, 0.25) is 6.79 Å². The van der Waals surface area contributed by atoms with Crippen LogP contribution in [-0.2, 0) is 6.61 Å². The summed E-state index contributed by atoms with van der Waals surface area (Å²) in [7, 11) is 0. The summed E-state index contributed by atoms with van der Waals surface area (Å²) >= 11 is 15.5. The first kappa shape index (κ1) is 13.9. The second-order valence-electron chi connectivity index (χ2n) is 4.16. The molecule has 0 saturated carbocycles. The van der Waals surface area contributed by atoms with Crippen molar-refractivity contribution in [2.24, 2.45) is 0 Å². The van der Waals surface area contributed by atoms with Crippen molar-refractivity contribution in [1.82, 2.24) is 0 Å². The summed E-state index contributed by atoms with van der Waals surface area (Å²) in [5, 5.41) is 1.10. The topological polar surface area (TPSA) is 27.7 Å². The Morgan fingerprint density at radius 3 is 2.65 bits per heavy atom. The maximum Gasteiger partial charge on any atom is 0.231 e. The van der Waals surface area contributed by atoms with Crippen molar-refractivity contribution in [2.45, 2.75) is 6.61 Å². The van der Waals surface area contributed by atoms with E-state index >= 15 is 0 Å².